The lowest BCUT2D eigenvalue weighted by Crippen LogP contribution is -2.18. The number of carbonyl (C=O) groups excluding carboxylic acids is 1. The summed E-state index contributed by atoms with van der Waals surface area (Å²) < 4.78 is 1.58. The minimum absolute atomic E-state index is 0.0379. The highest BCUT2D eigenvalue weighted by atomic mass is 35.5. The quantitative estimate of drug-likeness (QED) is 0.393. The smallest absolute Gasteiger partial charge is 0.269 e. The molecule has 1 heterocycles. The molecule has 0 aliphatic carbocycles. The number of nitro benzene ring substituents is 1. The Labute approximate surface area is 158 Å². The van der Waals surface area contributed by atoms with Crippen molar-refractivity contribution in [1.29, 1.82) is 5.41 Å². The molecular weight excluding hydrogens is 374 g/mol. The summed E-state index contributed by atoms with van der Waals surface area (Å²) in [5.74, 6) is -0.111. The molecule has 0 saturated heterocycles. The van der Waals surface area contributed by atoms with E-state index in [0.717, 1.165) is 10.4 Å². The topological polar surface area (TPSA) is 89.0 Å². The Kier molecular flexibility index (Phi) is 5.29. The highest BCUT2D eigenvalue weighted by molar-refractivity contribution is 7.09. The van der Waals surface area contributed by atoms with Gasteiger partial charge in [0, 0.05) is 40.2 Å². The number of ketones is 1. The number of nitrogens with zero attached hydrogens (tertiary/aromatic N) is 2. The number of Topliss-reactive ketones (excluding diaryl/α,β-unsaturated/α-hetero) is 1. The van der Waals surface area contributed by atoms with E-state index in [1.54, 1.807) is 47.2 Å². The van der Waals surface area contributed by atoms with E-state index in [9.17, 15) is 14.9 Å². The van der Waals surface area contributed by atoms with Crippen molar-refractivity contribution in [2.75, 3.05) is 0 Å². The number of nitro groups is 1. The molecule has 0 aliphatic heterocycles. The first-order valence-electron chi connectivity index (χ1n) is 7.68. The molecule has 0 aliphatic rings. The molecule has 8 heteroatoms. The molecule has 0 atom stereocenters. The van der Waals surface area contributed by atoms with Crippen LogP contribution < -0.4 is 4.80 Å². The number of aromatic nitrogens is 1. The summed E-state index contributed by atoms with van der Waals surface area (Å²) in [5.41, 5.74) is 1.36. The van der Waals surface area contributed by atoms with Gasteiger partial charge in [0.05, 0.1) is 11.5 Å². The van der Waals surface area contributed by atoms with Gasteiger partial charge in [-0.3, -0.25) is 20.3 Å². The molecule has 1 N–H and O–H groups in total. The van der Waals surface area contributed by atoms with Gasteiger partial charge in [-0.05, 0) is 29.8 Å². The Morgan fingerprint density at radius 1 is 1.23 bits per heavy atom. The Balaban J connectivity index is 1.76. The van der Waals surface area contributed by atoms with Crippen LogP contribution in [0.25, 0.3) is 0 Å². The fourth-order valence-corrected chi connectivity index (χ4v) is 3.53. The van der Waals surface area contributed by atoms with Crippen LogP contribution in [0.5, 0.6) is 0 Å². The van der Waals surface area contributed by atoms with E-state index in [4.69, 9.17) is 17.0 Å². The fourth-order valence-electron chi connectivity index (χ4n) is 2.50. The fraction of sp³-hybridized carbons (Fsp3) is 0.111. The molecule has 6 nitrogen and oxygen atoms in total. The van der Waals surface area contributed by atoms with E-state index < -0.39 is 4.92 Å². The highest BCUT2D eigenvalue weighted by Crippen LogP contribution is 2.18. The molecule has 26 heavy (non-hydrogen) atoms. The van der Waals surface area contributed by atoms with Gasteiger partial charge < -0.3 is 4.57 Å². The number of hydrogen-bond donors (Lipinski definition) is 1. The minimum Gasteiger partial charge on any atom is -0.316 e. The standard InChI is InChI=1S/C18H14ClN3O3S/c19-14-6-4-13(5-7-14)17(23)11-21-10-16(26-18(21)20)9-12-2-1-3-15(8-12)22(24)25/h1-8,10,20H,9,11H2. The molecule has 0 amide bonds. The molecule has 0 radical (unpaired) electrons. The zero-order valence-electron chi connectivity index (χ0n) is 13.5. The number of carbonyl (C=O) groups is 1. The van der Waals surface area contributed by atoms with Crippen LogP contribution in [-0.4, -0.2) is 15.3 Å². The van der Waals surface area contributed by atoms with E-state index in [-0.39, 0.29) is 22.8 Å². The van der Waals surface area contributed by atoms with Crippen LogP contribution in [-0.2, 0) is 13.0 Å². The Bertz CT molecular complexity index is 1020. The van der Waals surface area contributed by atoms with Gasteiger partial charge in [0.2, 0.25) is 0 Å². The van der Waals surface area contributed by atoms with Gasteiger partial charge in [0.15, 0.2) is 10.6 Å². The number of non-ortho nitro benzene ring substituents is 1. The lowest BCUT2D eigenvalue weighted by atomic mass is 10.1. The number of nitrogens with one attached hydrogen (secondary N) is 1. The predicted molar refractivity (Wildman–Crippen MR) is 99.8 cm³/mol. The summed E-state index contributed by atoms with van der Waals surface area (Å²) in [6.45, 7) is 0.0614. The first kappa shape index (κ1) is 18.0. The molecule has 0 fully saturated rings. The van der Waals surface area contributed by atoms with Crippen LogP contribution in [0, 0.1) is 15.5 Å². The molecule has 2 aromatic carbocycles. The maximum Gasteiger partial charge on any atom is 0.269 e. The first-order chi connectivity index (χ1) is 12.4. The second-order valence-electron chi connectivity index (χ2n) is 5.66. The van der Waals surface area contributed by atoms with Gasteiger partial charge in [-0.1, -0.05) is 23.7 Å². The minimum atomic E-state index is -0.432. The van der Waals surface area contributed by atoms with Crippen molar-refractivity contribution in [3.8, 4) is 0 Å². The highest BCUT2D eigenvalue weighted by Gasteiger charge is 2.11. The van der Waals surface area contributed by atoms with Crippen LogP contribution in [0.3, 0.4) is 0 Å². The van der Waals surface area contributed by atoms with Gasteiger partial charge in [-0.25, -0.2) is 0 Å². The number of hydrogen-bond acceptors (Lipinski definition) is 5. The van der Waals surface area contributed by atoms with Crippen molar-refractivity contribution in [3.05, 3.63) is 90.7 Å². The summed E-state index contributed by atoms with van der Waals surface area (Å²) in [6, 6.07) is 13.0. The van der Waals surface area contributed by atoms with Gasteiger partial charge in [-0.2, -0.15) is 0 Å². The number of benzene rings is 2. The van der Waals surface area contributed by atoms with Gasteiger partial charge in [0.1, 0.15) is 0 Å². The molecule has 3 rings (SSSR count). The first-order valence-corrected chi connectivity index (χ1v) is 8.87. The van der Waals surface area contributed by atoms with Crippen LogP contribution in [0.2, 0.25) is 5.02 Å². The molecule has 1 aromatic heterocycles. The summed E-state index contributed by atoms with van der Waals surface area (Å²) in [4.78, 5) is 23.9. The van der Waals surface area contributed by atoms with Crippen LogP contribution >= 0.6 is 22.9 Å². The molecular formula is C18H14ClN3O3S. The van der Waals surface area contributed by atoms with Crippen molar-refractivity contribution >= 4 is 34.4 Å². The monoisotopic (exact) mass is 387 g/mol. The SMILES string of the molecule is N=c1sc(Cc2cccc([N+](=O)[O-])c2)cn1CC(=O)c1ccc(Cl)cc1. The van der Waals surface area contributed by atoms with Crippen LogP contribution in [0.1, 0.15) is 20.8 Å². The van der Waals surface area contributed by atoms with E-state index >= 15 is 0 Å². The summed E-state index contributed by atoms with van der Waals surface area (Å²) >= 11 is 7.08. The normalized spacial score (nSPS) is 10.7. The van der Waals surface area contributed by atoms with Crippen molar-refractivity contribution in [3.63, 3.8) is 0 Å². The number of halogens is 1. The lowest BCUT2D eigenvalue weighted by Gasteiger charge is -2.02. The summed E-state index contributed by atoms with van der Waals surface area (Å²) in [7, 11) is 0. The second kappa shape index (κ2) is 7.63. The molecule has 3 aromatic rings. The Morgan fingerprint density at radius 3 is 2.65 bits per heavy atom. The maximum absolute atomic E-state index is 12.3. The van der Waals surface area contributed by atoms with Gasteiger partial charge >= 0.3 is 0 Å². The number of thiazole rings is 1. The molecule has 132 valence electrons. The third-order valence-electron chi connectivity index (χ3n) is 3.77. The van der Waals surface area contributed by atoms with E-state index in [1.807, 2.05) is 0 Å². The van der Waals surface area contributed by atoms with E-state index in [1.165, 1.54) is 23.5 Å². The Hall–Kier alpha value is -2.77. The average molecular weight is 388 g/mol. The van der Waals surface area contributed by atoms with Crippen molar-refractivity contribution in [2.24, 2.45) is 0 Å². The third kappa shape index (κ3) is 4.25. The predicted octanol–water partition coefficient (Wildman–Crippen LogP) is 4.06. The Morgan fingerprint density at radius 2 is 1.96 bits per heavy atom. The average Bonchev–Trinajstić information content (AvgIpc) is 2.94. The van der Waals surface area contributed by atoms with Crippen molar-refractivity contribution in [2.45, 2.75) is 13.0 Å². The largest absolute Gasteiger partial charge is 0.316 e. The second-order valence-corrected chi connectivity index (χ2v) is 7.22. The summed E-state index contributed by atoms with van der Waals surface area (Å²) in [6.07, 6.45) is 2.22. The van der Waals surface area contributed by atoms with Crippen LogP contribution in [0.15, 0.2) is 54.7 Å². The van der Waals surface area contributed by atoms with Crippen molar-refractivity contribution < 1.29 is 9.72 Å². The van der Waals surface area contributed by atoms with Gasteiger partial charge in [-0.15, -0.1) is 11.3 Å². The number of rotatable bonds is 6. The summed E-state index contributed by atoms with van der Waals surface area (Å²) in [5, 5.41) is 19.5. The van der Waals surface area contributed by atoms with E-state index in [0.29, 0.717) is 17.0 Å². The molecule has 0 saturated carbocycles. The maximum atomic E-state index is 12.3. The molecule has 0 bridgehead atoms. The third-order valence-corrected chi connectivity index (χ3v) is 4.96. The molecule has 0 unspecified atom stereocenters. The van der Waals surface area contributed by atoms with Crippen LogP contribution in [0.4, 0.5) is 5.69 Å². The van der Waals surface area contributed by atoms with Crippen molar-refractivity contribution in [1.82, 2.24) is 4.57 Å². The van der Waals surface area contributed by atoms with Gasteiger partial charge in [0.25, 0.3) is 5.69 Å². The molecule has 0 spiro atoms. The zero-order valence-corrected chi connectivity index (χ0v) is 15.1. The lowest BCUT2D eigenvalue weighted by molar-refractivity contribution is -0.384. The zero-order chi connectivity index (χ0) is 18.7. The van der Waals surface area contributed by atoms with E-state index in [2.05, 4.69) is 0 Å².